The Kier molecular flexibility index (Phi) is 4.27. The van der Waals surface area contributed by atoms with E-state index in [0.717, 1.165) is 30.2 Å². The summed E-state index contributed by atoms with van der Waals surface area (Å²) in [4.78, 5) is 0. The molecule has 0 saturated heterocycles. The number of terminal acetylenes is 1. The van der Waals surface area contributed by atoms with E-state index in [1.54, 1.807) is 0 Å². The summed E-state index contributed by atoms with van der Waals surface area (Å²) < 4.78 is 5.70. The Morgan fingerprint density at radius 2 is 1.61 bits per heavy atom. The van der Waals surface area contributed by atoms with Gasteiger partial charge in [0, 0.05) is 18.7 Å². The third kappa shape index (κ3) is 3.57. The minimum absolute atomic E-state index is 0.724. The van der Waals surface area contributed by atoms with Crippen molar-refractivity contribution in [1.29, 1.82) is 0 Å². The lowest BCUT2D eigenvalue weighted by Crippen LogP contribution is -1.99. The van der Waals surface area contributed by atoms with Gasteiger partial charge in [-0.3, -0.25) is 0 Å². The molecule has 0 bridgehead atoms. The maximum Gasteiger partial charge on any atom is 0.127 e. The molecule has 0 amide bonds. The van der Waals surface area contributed by atoms with Crippen molar-refractivity contribution in [3.63, 3.8) is 0 Å². The molecule has 0 aliphatic rings. The molecule has 1 N–H and O–H groups in total. The molecular formula is C16H15NO. The van der Waals surface area contributed by atoms with Gasteiger partial charge in [-0.2, -0.15) is 0 Å². The molecule has 0 saturated carbocycles. The maximum absolute atomic E-state index is 5.70. The third-order valence-electron chi connectivity index (χ3n) is 2.43. The van der Waals surface area contributed by atoms with Crippen molar-refractivity contribution >= 4 is 5.69 Å². The van der Waals surface area contributed by atoms with E-state index in [9.17, 15) is 0 Å². The standard InChI is InChI=1S/C16H15NO/c1-2-3-13-17-14-9-11-16(12-10-14)18-15-7-5-4-6-8-15/h1,4-12,17H,3,13H2. The zero-order chi connectivity index (χ0) is 12.6. The zero-order valence-electron chi connectivity index (χ0n) is 10.1. The summed E-state index contributed by atoms with van der Waals surface area (Å²) in [7, 11) is 0. The molecule has 0 unspecified atom stereocenters. The Morgan fingerprint density at radius 1 is 0.944 bits per heavy atom. The van der Waals surface area contributed by atoms with Gasteiger partial charge in [0.15, 0.2) is 0 Å². The number of hydrogen-bond donors (Lipinski definition) is 1. The quantitative estimate of drug-likeness (QED) is 0.628. The fourth-order valence-electron chi connectivity index (χ4n) is 1.54. The highest BCUT2D eigenvalue weighted by molar-refractivity contribution is 5.47. The van der Waals surface area contributed by atoms with Gasteiger partial charge >= 0.3 is 0 Å². The summed E-state index contributed by atoms with van der Waals surface area (Å²) in [5, 5.41) is 3.24. The van der Waals surface area contributed by atoms with E-state index in [1.165, 1.54) is 0 Å². The van der Waals surface area contributed by atoms with Crippen LogP contribution in [0.3, 0.4) is 0 Å². The average Bonchev–Trinajstić information content (AvgIpc) is 2.42. The Labute approximate surface area is 108 Å². The monoisotopic (exact) mass is 237 g/mol. The predicted molar refractivity (Wildman–Crippen MR) is 74.9 cm³/mol. The van der Waals surface area contributed by atoms with Crippen LogP contribution in [0.4, 0.5) is 5.69 Å². The lowest BCUT2D eigenvalue weighted by atomic mass is 10.3. The molecule has 2 aromatic rings. The summed E-state index contributed by atoms with van der Waals surface area (Å²) in [5.74, 6) is 4.26. The van der Waals surface area contributed by atoms with Crippen LogP contribution in [0.15, 0.2) is 54.6 Å². The average molecular weight is 237 g/mol. The molecule has 2 aromatic carbocycles. The lowest BCUT2D eigenvalue weighted by molar-refractivity contribution is 0.483. The van der Waals surface area contributed by atoms with Crippen molar-refractivity contribution in [2.24, 2.45) is 0 Å². The molecule has 90 valence electrons. The molecule has 18 heavy (non-hydrogen) atoms. The van der Waals surface area contributed by atoms with Crippen LogP contribution in [0.25, 0.3) is 0 Å². The summed E-state index contributed by atoms with van der Waals surface area (Å²) in [5.41, 5.74) is 1.05. The normalized spacial score (nSPS) is 9.50. The second-order valence-corrected chi connectivity index (χ2v) is 3.82. The Morgan fingerprint density at radius 3 is 2.28 bits per heavy atom. The lowest BCUT2D eigenvalue weighted by Gasteiger charge is -2.07. The number of nitrogens with one attached hydrogen (secondary N) is 1. The van der Waals surface area contributed by atoms with Gasteiger partial charge in [0.25, 0.3) is 0 Å². The van der Waals surface area contributed by atoms with Crippen LogP contribution in [0.5, 0.6) is 11.5 Å². The van der Waals surface area contributed by atoms with Gasteiger partial charge in [-0.15, -0.1) is 12.3 Å². The Bertz CT molecular complexity index is 511. The maximum atomic E-state index is 5.70. The second-order valence-electron chi connectivity index (χ2n) is 3.82. The van der Waals surface area contributed by atoms with Crippen molar-refractivity contribution in [2.45, 2.75) is 6.42 Å². The predicted octanol–water partition coefficient (Wildman–Crippen LogP) is 3.91. The smallest absolute Gasteiger partial charge is 0.127 e. The first-order valence-electron chi connectivity index (χ1n) is 5.89. The molecule has 0 aliphatic heterocycles. The summed E-state index contributed by atoms with van der Waals surface area (Å²) >= 11 is 0. The van der Waals surface area contributed by atoms with Crippen LogP contribution in [0.2, 0.25) is 0 Å². The van der Waals surface area contributed by atoms with Crippen molar-refractivity contribution in [3.8, 4) is 23.8 Å². The zero-order valence-corrected chi connectivity index (χ0v) is 10.1. The topological polar surface area (TPSA) is 21.3 Å². The van der Waals surface area contributed by atoms with E-state index in [2.05, 4.69) is 11.2 Å². The summed E-state index contributed by atoms with van der Waals surface area (Å²) in [6.45, 7) is 0.787. The number of anilines is 1. The molecule has 0 heterocycles. The van der Waals surface area contributed by atoms with E-state index in [0.29, 0.717) is 0 Å². The summed E-state index contributed by atoms with van der Waals surface area (Å²) in [6.07, 6.45) is 5.92. The summed E-state index contributed by atoms with van der Waals surface area (Å²) in [6, 6.07) is 17.6. The van der Waals surface area contributed by atoms with Crippen LogP contribution in [0.1, 0.15) is 6.42 Å². The highest BCUT2D eigenvalue weighted by Crippen LogP contribution is 2.22. The first-order valence-corrected chi connectivity index (χ1v) is 5.89. The van der Waals surface area contributed by atoms with Gasteiger partial charge in [-0.05, 0) is 36.4 Å². The van der Waals surface area contributed by atoms with E-state index in [-0.39, 0.29) is 0 Å². The van der Waals surface area contributed by atoms with Crippen molar-refractivity contribution in [1.82, 2.24) is 0 Å². The first kappa shape index (κ1) is 12.1. The van der Waals surface area contributed by atoms with Crippen LogP contribution in [-0.2, 0) is 0 Å². The fourth-order valence-corrected chi connectivity index (χ4v) is 1.54. The van der Waals surface area contributed by atoms with E-state index >= 15 is 0 Å². The van der Waals surface area contributed by atoms with Crippen LogP contribution in [0, 0.1) is 12.3 Å². The van der Waals surface area contributed by atoms with Gasteiger partial charge in [0.1, 0.15) is 11.5 Å². The van der Waals surface area contributed by atoms with Gasteiger partial charge in [-0.25, -0.2) is 0 Å². The van der Waals surface area contributed by atoms with Crippen LogP contribution in [-0.4, -0.2) is 6.54 Å². The molecule has 0 spiro atoms. The third-order valence-corrected chi connectivity index (χ3v) is 2.43. The highest BCUT2D eigenvalue weighted by Gasteiger charge is 1.96. The van der Waals surface area contributed by atoms with E-state index in [4.69, 9.17) is 11.2 Å². The Hall–Kier alpha value is -2.40. The largest absolute Gasteiger partial charge is 0.457 e. The highest BCUT2D eigenvalue weighted by atomic mass is 16.5. The van der Waals surface area contributed by atoms with Crippen molar-refractivity contribution in [2.75, 3.05) is 11.9 Å². The molecular weight excluding hydrogens is 222 g/mol. The SMILES string of the molecule is C#CCCNc1ccc(Oc2ccccc2)cc1. The fraction of sp³-hybridized carbons (Fsp3) is 0.125. The van der Waals surface area contributed by atoms with Gasteiger partial charge in [0.05, 0.1) is 0 Å². The van der Waals surface area contributed by atoms with Crippen molar-refractivity contribution in [3.05, 3.63) is 54.6 Å². The van der Waals surface area contributed by atoms with Crippen molar-refractivity contribution < 1.29 is 4.74 Å². The molecule has 2 heteroatoms. The molecule has 2 nitrogen and oxygen atoms in total. The molecule has 0 atom stereocenters. The number of benzene rings is 2. The number of rotatable bonds is 5. The molecule has 0 radical (unpaired) electrons. The molecule has 0 fully saturated rings. The number of ether oxygens (including phenoxy) is 1. The minimum atomic E-state index is 0.724. The first-order chi connectivity index (χ1) is 8.88. The second kappa shape index (κ2) is 6.36. The van der Waals surface area contributed by atoms with E-state index in [1.807, 2.05) is 54.6 Å². The minimum Gasteiger partial charge on any atom is -0.457 e. The molecule has 0 aliphatic carbocycles. The number of para-hydroxylation sites is 1. The Balaban J connectivity index is 1.94. The molecule has 0 aromatic heterocycles. The van der Waals surface area contributed by atoms with Crippen LogP contribution < -0.4 is 10.1 Å². The van der Waals surface area contributed by atoms with Gasteiger partial charge < -0.3 is 10.1 Å². The van der Waals surface area contributed by atoms with Gasteiger partial charge in [-0.1, -0.05) is 18.2 Å². The van der Waals surface area contributed by atoms with E-state index < -0.39 is 0 Å². The molecule has 2 rings (SSSR count). The van der Waals surface area contributed by atoms with Gasteiger partial charge in [0.2, 0.25) is 0 Å². The van der Waals surface area contributed by atoms with Crippen LogP contribution >= 0.6 is 0 Å². The number of hydrogen-bond acceptors (Lipinski definition) is 2.